The van der Waals surface area contributed by atoms with E-state index in [9.17, 15) is 9.59 Å². The Morgan fingerprint density at radius 3 is 2.40 bits per heavy atom. The molecule has 1 aromatic rings. The van der Waals surface area contributed by atoms with Gasteiger partial charge in [0.1, 0.15) is 12.6 Å². The van der Waals surface area contributed by atoms with Crippen molar-refractivity contribution in [2.24, 2.45) is 0 Å². The molecule has 2 N–H and O–H groups in total. The first-order valence-electron chi connectivity index (χ1n) is 8.21. The Morgan fingerprint density at radius 2 is 1.80 bits per heavy atom. The van der Waals surface area contributed by atoms with Crippen molar-refractivity contribution in [1.82, 2.24) is 10.6 Å². The lowest BCUT2D eigenvalue weighted by atomic mass is 10.2. The first kappa shape index (κ1) is 20.9. The zero-order chi connectivity index (χ0) is 18.7. The van der Waals surface area contributed by atoms with Crippen LogP contribution in [0.3, 0.4) is 0 Å². The van der Waals surface area contributed by atoms with Gasteiger partial charge in [-0.15, -0.1) is 0 Å². The second kappa shape index (κ2) is 10.7. The minimum absolute atomic E-state index is 0.189. The SMILES string of the molecule is COC(=O)[C@@H](COC(C)(C)C)NCCNC(=O)OCc1ccccc1. The van der Waals surface area contributed by atoms with Crippen molar-refractivity contribution in [3.63, 3.8) is 0 Å². The minimum atomic E-state index is -0.591. The van der Waals surface area contributed by atoms with Crippen molar-refractivity contribution in [1.29, 1.82) is 0 Å². The van der Waals surface area contributed by atoms with Crippen LogP contribution in [0.1, 0.15) is 26.3 Å². The van der Waals surface area contributed by atoms with Crippen LogP contribution in [-0.2, 0) is 25.6 Å². The predicted octanol–water partition coefficient (Wildman–Crippen LogP) is 1.86. The van der Waals surface area contributed by atoms with Crippen LogP contribution >= 0.6 is 0 Å². The molecule has 0 spiro atoms. The van der Waals surface area contributed by atoms with Gasteiger partial charge >= 0.3 is 12.1 Å². The largest absolute Gasteiger partial charge is 0.468 e. The van der Waals surface area contributed by atoms with E-state index in [0.717, 1.165) is 5.56 Å². The van der Waals surface area contributed by atoms with E-state index in [4.69, 9.17) is 14.2 Å². The lowest BCUT2D eigenvalue weighted by Gasteiger charge is -2.24. The molecule has 1 amide bonds. The molecular formula is C18H28N2O5. The maximum absolute atomic E-state index is 11.7. The van der Waals surface area contributed by atoms with Crippen molar-refractivity contribution in [3.05, 3.63) is 35.9 Å². The van der Waals surface area contributed by atoms with E-state index in [0.29, 0.717) is 13.1 Å². The first-order valence-corrected chi connectivity index (χ1v) is 8.21. The molecule has 0 bridgehead atoms. The topological polar surface area (TPSA) is 85.9 Å². The number of ether oxygens (including phenoxy) is 3. The number of hydrogen-bond acceptors (Lipinski definition) is 6. The van der Waals surface area contributed by atoms with Crippen LogP contribution in [0.4, 0.5) is 4.79 Å². The Hall–Kier alpha value is -2.12. The summed E-state index contributed by atoms with van der Waals surface area (Å²) in [6.45, 7) is 6.83. The fourth-order valence-corrected chi connectivity index (χ4v) is 1.87. The number of amides is 1. The lowest BCUT2D eigenvalue weighted by Crippen LogP contribution is -2.46. The number of benzene rings is 1. The Bertz CT molecular complexity index is 528. The third-order valence-corrected chi connectivity index (χ3v) is 3.17. The highest BCUT2D eigenvalue weighted by Crippen LogP contribution is 2.07. The van der Waals surface area contributed by atoms with E-state index in [1.165, 1.54) is 7.11 Å². The second-order valence-corrected chi connectivity index (χ2v) is 6.44. The molecule has 140 valence electrons. The average molecular weight is 352 g/mol. The molecule has 0 fully saturated rings. The molecule has 1 rings (SSSR count). The molecule has 7 nitrogen and oxygen atoms in total. The Kier molecular flexibility index (Phi) is 8.94. The quantitative estimate of drug-likeness (QED) is 0.521. The number of hydrogen-bond donors (Lipinski definition) is 2. The zero-order valence-electron chi connectivity index (χ0n) is 15.3. The van der Waals surface area contributed by atoms with Gasteiger partial charge in [0.15, 0.2) is 0 Å². The summed E-state index contributed by atoms with van der Waals surface area (Å²) in [7, 11) is 1.33. The fraction of sp³-hybridized carbons (Fsp3) is 0.556. The Morgan fingerprint density at radius 1 is 1.12 bits per heavy atom. The molecule has 0 aliphatic rings. The summed E-state index contributed by atoms with van der Waals surface area (Å²) < 4.78 is 15.5. The maximum Gasteiger partial charge on any atom is 0.407 e. The molecule has 0 unspecified atom stereocenters. The monoisotopic (exact) mass is 352 g/mol. The first-order chi connectivity index (χ1) is 11.8. The van der Waals surface area contributed by atoms with E-state index >= 15 is 0 Å². The van der Waals surface area contributed by atoms with Crippen LogP contribution in [0.15, 0.2) is 30.3 Å². The number of alkyl carbamates (subject to hydrolysis) is 1. The summed E-state index contributed by atoms with van der Waals surface area (Å²) in [5.74, 6) is -0.407. The third-order valence-electron chi connectivity index (χ3n) is 3.17. The summed E-state index contributed by atoms with van der Waals surface area (Å²) in [5, 5.41) is 5.62. The second-order valence-electron chi connectivity index (χ2n) is 6.44. The number of esters is 1. The fourth-order valence-electron chi connectivity index (χ4n) is 1.87. The van der Waals surface area contributed by atoms with Gasteiger partial charge in [-0.3, -0.25) is 4.79 Å². The molecular weight excluding hydrogens is 324 g/mol. The van der Waals surface area contributed by atoms with E-state index in [-0.39, 0.29) is 18.8 Å². The van der Waals surface area contributed by atoms with Crippen molar-refractivity contribution in [3.8, 4) is 0 Å². The molecule has 0 saturated heterocycles. The summed E-state index contributed by atoms with van der Waals surface area (Å²) >= 11 is 0. The van der Waals surface area contributed by atoms with E-state index in [2.05, 4.69) is 10.6 Å². The molecule has 0 aromatic heterocycles. The molecule has 0 aliphatic heterocycles. The van der Waals surface area contributed by atoms with Crippen molar-refractivity contribution in [2.45, 2.75) is 39.0 Å². The standard InChI is InChI=1S/C18H28N2O5/c1-18(2,3)25-13-15(16(21)23-4)19-10-11-20-17(22)24-12-14-8-6-5-7-9-14/h5-9,15,19H,10-13H2,1-4H3,(H,20,22)/t15-/m1/s1. The molecule has 0 heterocycles. The van der Waals surface area contributed by atoms with E-state index in [1.54, 1.807) is 0 Å². The minimum Gasteiger partial charge on any atom is -0.468 e. The molecule has 0 aliphatic carbocycles. The van der Waals surface area contributed by atoms with Crippen LogP contribution < -0.4 is 10.6 Å². The highest BCUT2D eigenvalue weighted by atomic mass is 16.5. The van der Waals surface area contributed by atoms with Crippen LogP contribution in [-0.4, -0.2) is 50.5 Å². The number of carbonyl (C=O) groups excluding carboxylic acids is 2. The molecule has 0 radical (unpaired) electrons. The van der Waals surface area contributed by atoms with Crippen LogP contribution in [0.25, 0.3) is 0 Å². The summed E-state index contributed by atoms with van der Waals surface area (Å²) in [6, 6.07) is 8.83. The van der Waals surface area contributed by atoms with Gasteiger partial charge in [-0.05, 0) is 26.3 Å². The van der Waals surface area contributed by atoms with Crippen LogP contribution in [0.5, 0.6) is 0 Å². The summed E-state index contributed by atoms with van der Waals surface area (Å²) in [5.41, 5.74) is 0.564. The summed E-state index contributed by atoms with van der Waals surface area (Å²) in [4.78, 5) is 23.4. The number of carbonyl (C=O) groups is 2. The summed E-state index contributed by atoms with van der Waals surface area (Å²) in [6.07, 6.45) is -0.508. The zero-order valence-corrected chi connectivity index (χ0v) is 15.3. The van der Waals surface area contributed by atoms with E-state index < -0.39 is 18.1 Å². The average Bonchev–Trinajstić information content (AvgIpc) is 2.58. The molecule has 25 heavy (non-hydrogen) atoms. The molecule has 1 atom stereocenters. The van der Waals surface area contributed by atoms with Gasteiger partial charge in [0.25, 0.3) is 0 Å². The van der Waals surface area contributed by atoms with Gasteiger partial charge in [-0.1, -0.05) is 30.3 Å². The van der Waals surface area contributed by atoms with E-state index in [1.807, 2.05) is 51.1 Å². The number of methoxy groups -OCH3 is 1. The highest BCUT2D eigenvalue weighted by Gasteiger charge is 2.22. The Balaban J connectivity index is 2.25. The van der Waals surface area contributed by atoms with Gasteiger partial charge in [0, 0.05) is 13.1 Å². The van der Waals surface area contributed by atoms with Crippen LogP contribution in [0.2, 0.25) is 0 Å². The molecule has 1 aromatic carbocycles. The number of nitrogens with one attached hydrogen (secondary N) is 2. The van der Waals surface area contributed by atoms with Crippen molar-refractivity contribution < 1.29 is 23.8 Å². The van der Waals surface area contributed by atoms with Gasteiger partial charge in [-0.2, -0.15) is 0 Å². The molecule has 0 saturated carbocycles. The number of rotatable bonds is 9. The van der Waals surface area contributed by atoms with Crippen LogP contribution in [0, 0.1) is 0 Å². The maximum atomic E-state index is 11.7. The van der Waals surface area contributed by atoms with Gasteiger partial charge in [0.2, 0.25) is 0 Å². The normalized spacial score (nSPS) is 12.3. The van der Waals surface area contributed by atoms with Crippen molar-refractivity contribution >= 4 is 12.1 Å². The Labute approximate surface area is 149 Å². The van der Waals surface area contributed by atoms with Gasteiger partial charge < -0.3 is 24.8 Å². The lowest BCUT2D eigenvalue weighted by molar-refractivity contribution is -0.146. The van der Waals surface area contributed by atoms with Gasteiger partial charge in [0.05, 0.1) is 19.3 Å². The van der Waals surface area contributed by atoms with Crippen molar-refractivity contribution in [2.75, 3.05) is 26.8 Å². The smallest absolute Gasteiger partial charge is 0.407 e. The van der Waals surface area contributed by atoms with Gasteiger partial charge in [-0.25, -0.2) is 4.79 Å². The highest BCUT2D eigenvalue weighted by molar-refractivity contribution is 5.75. The predicted molar refractivity (Wildman–Crippen MR) is 94.1 cm³/mol. The molecule has 7 heteroatoms. The third kappa shape index (κ3) is 9.69.